The van der Waals surface area contributed by atoms with E-state index in [1.807, 2.05) is 0 Å². The first-order valence-corrected chi connectivity index (χ1v) is 8.43. The third kappa shape index (κ3) is 3.24. The first-order valence-electron chi connectivity index (χ1n) is 5.93. The molecule has 91 valence electrons. The minimum atomic E-state index is -0.538. The van der Waals surface area contributed by atoms with Gasteiger partial charge in [-0.1, -0.05) is 44.9 Å². The van der Waals surface area contributed by atoms with E-state index in [0.29, 0.717) is 6.61 Å². The summed E-state index contributed by atoms with van der Waals surface area (Å²) in [5.74, 6) is 0. The van der Waals surface area contributed by atoms with Crippen LogP contribution in [0.1, 0.15) is 39.5 Å². The van der Waals surface area contributed by atoms with Crippen LogP contribution in [0.2, 0.25) is 18.1 Å². The minimum Gasteiger partial charge on any atom is -0.369 e. The van der Waals surface area contributed by atoms with Crippen LogP contribution >= 0.6 is 0 Å². The topological polar surface area (TPSA) is 58.0 Å². The third-order valence-electron chi connectivity index (χ3n) is 3.67. The SMILES string of the molecule is C[Si](C)C(C)(C)COC1(N=[N+]=[N-])CCCC1. The van der Waals surface area contributed by atoms with E-state index < -0.39 is 14.5 Å². The first-order chi connectivity index (χ1) is 7.42. The first kappa shape index (κ1) is 13.6. The second kappa shape index (κ2) is 5.21. The molecule has 1 aliphatic rings. The standard InChI is InChI=1S/C11H22N3OSi/c1-10(2,16(3)4)9-15-11(13-14-12)7-5-6-8-11/h5-9H2,1-4H3. The smallest absolute Gasteiger partial charge is 0.147 e. The van der Waals surface area contributed by atoms with Crippen LogP contribution in [-0.2, 0) is 4.74 Å². The fourth-order valence-corrected chi connectivity index (χ4v) is 2.10. The van der Waals surface area contributed by atoms with Crippen molar-refractivity contribution in [3.8, 4) is 0 Å². The number of ether oxygens (including phenoxy) is 1. The predicted octanol–water partition coefficient (Wildman–Crippen LogP) is 4.12. The summed E-state index contributed by atoms with van der Waals surface area (Å²) in [6.45, 7) is 9.76. The molecule has 1 fully saturated rings. The number of nitrogens with zero attached hydrogens (tertiary/aromatic N) is 3. The highest BCUT2D eigenvalue weighted by molar-refractivity contribution is 6.59. The van der Waals surface area contributed by atoms with Gasteiger partial charge in [0, 0.05) is 4.91 Å². The molecule has 0 unspecified atom stereocenters. The summed E-state index contributed by atoms with van der Waals surface area (Å²) >= 11 is 0. The van der Waals surface area contributed by atoms with E-state index in [9.17, 15) is 0 Å². The maximum absolute atomic E-state index is 8.62. The Bertz CT molecular complexity index is 279. The molecule has 0 atom stereocenters. The second-order valence-corrected chi connectivity index (χ2v) is 8.87. The van der Waals surface area contributed by atoms with Gasteiger partial charge in [0.1, 0.15) is 5.72 Å². The highest BCUT2D eigenvalue weighted by Crippen LogP contribution is 2.38. The maximum atomic E-state index is 8.62. The molecule has 0 N–H and O–H groups in total. The van der Waals surface area contributed by atoms with Crippen molar-refractivity contribution in [3.63, 3.8) is 0 Å². The van der Waals surface area contributed by atoms with Crippen molar-refractivity contribution < 1.29 is 4.74 Å². The summed E-state index contributed by atoms with van der Waals surface area (Å²) in [7, 11) is -0.403. The molecule has 1 saturated carbocycles. The molecule has 4 nitrogen and oxygen atoms in total. The van der Waals surface area contributed by atoms with Crippen molar-refractivity contribution in [1.82, 2.24) is 0 Å². The molecule has 1 radical (unpaired) electrons. The Morgan fingerprint density at radius 3 is 2.38 bits per heavy atom. The fourth-order valence-electron chi connectivity index (χ4n) is 1.74. The second-order valence-electron chi connectivity index (χ2n) is 5.52. The quantitative estimate of drug-likeness (QED) is 0.308. The van der Waals surface area contributed by atoms with Crippen LogP contribution in [0.5, 0.6) is 0 Å². The molecular formula is C11H22N3OSi. The zero-order valence-corrected chi connectivity index (χ0v) is 11.8. The molecule has 0 spiro atoms. The lowest BCUT2D eigenvalue weighted by Crippen LogP contribution is -2.33. The fraction of sp³-hybridized carbons (Fsp3) is 1.00. The van der Waals surface area contributed by atoms with Gasteiger partial charge in [-0.05, 0) is 23.4 Å². The predicted molar refractivity (Wildman–Crippen MR) is 67.8 cm³/mol. The highest BCUT2D eigenvalue weighted by atomic mass is 28.3. The Kier molecular flexibility index (Phi) is 4.41. The third-order valence-corrected chi connectivity index (χ3v) is 6.52. The molecule has 1 rings (SSSR count). The van der Waals surface area contributed by atoms with Gasteiger partial charge in [0.2, 0.25) is 0 Å². The molecule has 0 aromatic carbocycles. The van der Waals surface area contributed by atoms with E-state index in [1.54, 1.807) is 0 Å². The molecule has 0 amide bonds. The molecule has 0 heterocycles. The Morgan fingerprint density at radius 2 is 1.94 bits per heavy atom. The van der Waals surface area contributed by atoms with Gasteiger partial charge in [0.05, 0.1) is 15.4 Å². The van der Waals surface area contributed by atoms with Crippen molar-refractivity contribution in [1.29, 1.82) is 0 Å². The van der Waals surface area contributed by atoms with E-state index in [2.05, 4.69) is 37.0 Å². The summed E-state index contributed by atoms with van der Waals surface area (Å²) in [4.78, 5) is 2.94. The number of rotatable bonds is 5. The highest BCUT2D eigenvalue weighted by Gasteiger charge is 2.36. The van der Waals surface area contributed by atoms with E-state index in [1.165, 1.54) is 0 Å². The normalized spacial score (nSPS) is 19.8. The molecule has 0 saturated heterocycles. The zero-order chi connectivity index (χ0) is 12.2. The van der Waals surface area contributed by atoms with Gasteiger partial charge in [-0.2, -0.15) is 0 Å². The summed E-state index contributed by atoms with van der Waals surface area (Å²) in [6.07, 6.45) is 3.97. The van der Waals surface area contributed by atoms with E-state index >= 15 is 0 Å². The molecule has 0 aromatic rings. The molecule has 1 aliphatic carbocycles. The number of azide groups is 1. The van der Waals surface area contributed by atoms with E-state index in [4.69, 9.17) is 10.3 Å². The van der Waals surface area contributed by atoms with Gasteiger partial charge in [-0.3, -0.25) is 0 Å². The van der Waals surface area contributed by atoms with Crippen LogP contribution < -0.4 is 0 Å². The Hall–Kier alpha value is -0.513. The lowest BCUT2D eigenvalue weighted by Gasteiger charge is -2.33. The molecule has 16 heavy (non-hydrogen) atoms. The van der Waals surface area contributed by atoms with Crippen molar-refractivity contribution in [2.75, 3.05) is 6.61 Å². The summed E-state index contributed by atoms with van der Waals surface area (Å²) in [6, 6.07) is 0. The van der Waals surface area contributed by atoms with Crippen molar-refractivity contribution in [2.45, 2.75) is 63.4 Å². The Balaban J connectivity index is 2.61. The average Bonchev–Trinajstić information content (AvgIpc) is 2.65. The zero-order valence-electron chi connectivity index (χ0n) is 10.8. The van der Waals surface area contributed by atoms with Crippen LogP contribution in [0.25, 0.3) is 10.4 Å². The van der Waals surface area contributed by atoms with Gasteiger partial charge in [0.25, 0.3) is 0 Å². The number of hydrogen-bond acceptors (Lipinski definition) is 2. The average molecular weight is 240 g/mol. The summed E-state index contributed by atoms with van der Waals surface area (Å²) < 4.78 is 5.96. The van der Waals surface area contributed by atoms with Crippen LogP contribution in [-0.4, -0.2) is 21.1 Å². The van der Waals surface area contributed by atoms with Gasteiger partial charge >= 0.3 is 0 Å². The minimum absolute atomic E-state index is 0.227. The van der Waals surface area contributed by atoms with Crippen molar-refractivity contribution in [3.05, 3.63) is 10.4 Å². The molecule has 0 aliphatic heterocycles. The summed E-state index contributed by atoms with van der Waals surface area (Å²) in [5, 5.41) is 4.11. The monoisotopic (exact) mass is 240 g/mol. The molecule has 0 aromatic heterocycles. The van der Waals surface area contributed by atoms with E-state index in [-0.39, 0.29) is 5.04 Å². The van der Waals surface area contributed by atoms with Gasteiger partial charge in [-0.15, -0.1) is 0 Å². The van der Waals surface area contributed by atoms with Crippen LogP contribution in [0.15, 0.2) is 5.11 Å². The largest absolute Gasteiger partial charge is 0.369 e. The summed E-state index contributed by atoms with van der Waals surface area (Å²) in [5.41, 5.74) is 8.08. The van der Waals surface area contributed by atoms with Gasteiger partial charge < -0.3 is 4.74 Å². The molecular weight excluding hydrogens is 218 g/mol. The van der Waals surface area contributed by atoms with Gasteiger partial charge in [-0.25, -0.2) is 0 Å². The van der Waals surface area contributed by atoms with Crippen LogP contribution in [0.3, 0.4) is 0 Å². The van der Waals surface area contributed by atoms with Crippen molar-refractivity contribution in [2.24, 2.45) is 5.11 Å². The molecule has 0 bridgehead atoms. The lowest BCUT2D eigenvalue weighted by molar-refractivity contribution is -0.0452. The van der Waals surface area contributed by atoms with Crippen LogP contribution in [0.4, 0.5) is 0 Å². The molecule has 5 heteroatoms. The van der Waals surface area contributed by atoms with Crippen LogP contribution in [0, 0.1) is 0 Å². The van der Waals surface area contributed by atoms with Crippen molar-refractivity contribution >= 4 is 8.80 Å². The Morgan fingerprint density at radius 1 is 1.38 bits per heavy atom. The number of hydrogen-bond donors (Lipinski definition) is 0. The van der Waals surface area contributed by atoms with E-state index in [0.717, 1.165) is 25.7 Å². The Labute approximate surface area is 99.6 Å². The van der Waals surface area contributed by atoms with Gasteiger partial charge in [0.15, 0.2) is 0 Å². The lowest BCUT2D eigenvalue weighted by atomic mass is 10.2. The maximum Gasteiger partial charge on any atom is 0.147 e.